The molecule has 0 aliphatic carbocycles. The summed E-state index contributed by atoms with van der Waals surface area (Å²) in [6, 6.07) is 0.727. The van der Waals surface area contributed by atoms with Crippen molar-refractivity contribution in [3.63, 3.8) is 0 Å². The largest absolute Gasteiger partial charge is 0.355 e. The molecule has 0 aromatic heterocycles. The van der Waals surface area contributed by atoms with Crippen molar-refractivity contribution in [2.75, 3.05) is 39.8 Å². The molecule has 1 heterocycles. The minimum absolute atomic E-state index is 0. The third kappa shape index (κ3) is 9.34. The lowest BCUT2D eigenvalue weighted by molar-refractivity contribution is -0.120. The molecule has 1 rings (SSSR count). The third-order valence-electron chi connectivity index (χ3n) is 4.12. The molecule has 136 valence electrons. The number of halogens is 1. The Bertz CT molecular complexity index is 351. The van der Waals surface area contributed by atoms with Crippen molar-refractivity contribution in [2.45, 2.75) is 52.0 Å². The quantitative estimate of drug-likeness (QED) is 0.305. The number of guanidine groups is 1. The number of aliphatic imine (C=N–C) groups is 1. The van der Waals surface area contributed by atoms with Gasteiger partial charge in [-0.3, -0.25) is 14.7 Å². The lowest BCUT2D eigenvalue weighted by atomic mass is 10.0. The minimum atomic E-state index is 0. The molecule has 1 unspecified atom stereocenters. The van der Waals surface area contributed by atoms with Crippen molar-refractivity contribution >= 4 is 35.8 Å². The second-order valence-electron chi connectivity index (χ2n) is 5.80. The Balaban J connectivity index is 0.00000484. The van der Waals surface area contributed by atoms with Gasteiger partial charge < -0.3 is 16.0 Å². The normalized spacial score (nSPS) is 18.9. The first-order chi connectivity index (χ1) is 10.7. The van der Waals surface area contributed by atoms with Crippen LogP contribution in [0.3, 0.4) is 0 Å². The number of hydrogen-bond donors (Lipinski definition) is 3. The smallest absolute Gasteiger partial charge is 0.239 e. The molecule has 1 amide bonds. The lowest BCUT2D eigenvalue weighted by Gasteiger charge is -2.35. The summed E-state index contributed by atoms with van der Waals surface area (Å²) >= 11 is 0. The highest BCUT2D eigenvalue weighted by Gasteiger charge is 2.19. The number of carbonyl (C=O) groups excluding carboxylic acids is 1. The average Bonchev–Trinajstić information content (AvgIpc) is 2.56. The Morgan fingerprint density at radius 1 is 1.17 bits per heavy atom. The second-order valence-corrected chi connectivity index (χ2v) is 5.80. The van der Waals surface area contributed by atoms with Gasteiger partial charge in [-0.1, -0.05) is 20.3 Å². The minimum Gasteiger partial charge on any atom is -0.355 e. The predicted molar refractivity (Wildman–Crippen MR) is 108 cm³/mol. The number of rotatable bonds is 8. The maximum Gasteiger partial charge on any atom is 0.239 e. The molecule has 23 heavy (non-hydrogen) atoms. The van der Waals surface area contributed by atoms with Crippen molar-refractivity contribution in [3.8, 4) is 0 Å². The molecular weight excluding hydrogens is 405 g/mol. The Labute approximate surface area is 158 Å². The van der Waals surface area contributed by atoms with E-state index in [-0.39, 0.29) is 36.4 Å². The van der Waals surface area contributed by atoms with Crippen LogP contribution in [0.1, 0.15) is 46.0 Å². The van der Waals surface area contributed by atoms with Gasteiger partial charge in [-0.2, -0.15) is 0 Å². The van der Waals surface area contributed by atoms with Gasteiger partial charge in [0.05, 0.1) is 6.54 Å². The third-order valence-corrected chi connectivity index (χ3v) is 4.12. The maximum atomic E-state index is 11.6. The monoisotopic (exact) mass is 439 g/mol. The van der Waals surface area contributed by atoms with Gasteiger partial charge in [-0.15, -0.1) is 24.0 Å². The zero-order chi connectivity index (χ0) is 16.2. The molecule has 1 aliphatic rings. The molecule has 1 aliphatic heterocycles. The van der Waals surface area contributed by atoms with E-state index in [1.807, 2.05) is 6.92 Å². The molecule has 0 radical (unpaired) electrons. The number of carbonyl (C=O) groups is 1. The summed E-state index contributed by atoms with van der Waals surface area (Å²) in [4.78, 5) is 18.3. The molecule has 7 heteroatoms. The number of hydrogen-bond acceptors (Lipinski definition) is 3. The van der Waals surface area contributed by atoms with E-state index in [1.54, 1.807) is 7.05 Å². The standard InChI is InChI=1S/C16H33N5O.HI/c1-4-9-18-15(22)13-20-16(17-3)19-10-12-21-11-7-6-8-14(21)5-2;/h14H,4-13H2,1-3H3,(H,18,22)(H2,17,19,20);1H. The Hall–Kier alpha value is -0.570. The Morgan fingerprint density at radius 2 is 1.96 bits per heavy atom. The van der Waals surface area contributed by atoms with Crippen molar-refractivity contribution in [1.82, 2.24) is 20.9 Å². The van der Waals surface area contributed by atoms with Gasteiger partial charge >= 0.3 is 0 Å². The van der Waals surface area contributed by atoms with E-state index < -0.39 is 0 Å². The van der Waals surface area contributed by atoms with Gasteiger partial charge in [-0.25, -0.2) is 0 Å². The highest BCUT2D eigenvalue weighted by Crippen LogP contribution is 2.18. The van der Waals surface area contributed by atoms with Crippen LogP contribution in [-0.4, -0.2) is 62.6 Å². The van der Waals surface area contributed by atoms with Gasteiger partial charge in [0.1, 0.15) is 0 Å². The van der Waals surface area contributed by atoms with Gasteiger partial charge in [0.25, 0.3) is 0 Å². The summed E-state index contributed by atoms with van der Waals surface area (Å²) in [5.41, 5.74) is 0. The first-order valence-electron chi connectivity index (χ1n) is 8.66. The zero-order valence-corrected chi connectivity index (χ0v) is 17.2. The fourth-order valence-electron chi connectivity index (χ4n) is 2.85. The molecular formula is C16H34IN5O. The summed E-state index contributed by atoms with van der Waals surface area (Å²) in [5.74, 6) is 0.698. The van der Waals surface area contributed by atoms with Crippen LogP contribution in [0.25, 0.3) is 0 Å². The van der Waals surface area contributed by atoms with Crippen LogP contribution >= 0.6 is 24.0 Å². The molecule has 0 aromatic rings. The number of nitrogens with one attached hydrogen (secondary N) is 3. The summed E-state index contributed by atoms with van der Waals surface area (Å²) < 4.78 is 0. The molecule has 0 bridgehead atoms. The highest BCUT2D eigenvalue weighted by atomic mass is 127. The maximum absolute atomic E-state index is 11.6. The highest BCUT2D eigenvalue weighted by molar-refractivity contribution is 14.0. The van der Waals surface area contributed by atoms with Gasteiger partial charge in [-0.05, 0) is 32.2 Å². The van der Waals surface area contributed by atoms with Crippen molar-refractivity contribution in [3.05, 3.63) is 0 Å². The van der Waals surface area contributed by atoms with Crippen LogP contribution < -0.4 is 16.0 Å². The topological polar surface area (TPSA) is 68.8 Å². The lowest BCUT2D eigenvalue weighted by Crippen LogP contribution is -2.47. The molecule has 1 fully saturated rings. The molecule has 3 N–H and O–H groups in total. The molecule has 1 saturated heterocycles. The van der Waals surface area contributed by atoms with Crippen molar-refractivity contribution < 1.29 is 4.79 Å². The fourth-order valence-corrected chi connectivity index (χ4v) is 2.85. The van der Waals surface area contributed by atoms with Crippen LogP contribution in [0.4, 0.5) is 0 Å². The van der Waals surface area contributed by atoms with Crippen molar-refractivity contribution in [2.24, 2.45) is 4.99 Å². The number of piperidine rings is 1. The second kappa shape index (κ2) is 13.8. The van der Waals surface area contributed by atoms with Crippen LogP contribution in [0, 0.1) is 0 Å². The van der Waals surface area contributed by atoms with E-state index in [2.05, 4.69) is 32.8 Å². The van der Waals surface area contributed by atoms with E-state index in [4.69, 9.17) is 0 Å². The molecule has 0 aromatic carbocycles. The zero-order valence-electron chi connectivity index (χ0n) is 14.9. The van der Waals surface area contributed by atoms with Gasteiger partial charge in [0.15, 0.2) is 5.96 Å². The Morgan fingerprint density at radius 3 is 2.61 bits per heavy atom. The van der Waals surface area contributed by atoms with Gasteiger partial charge in [0, 0.05) is 32.7 Å². The number of nitrogens with zero attached hydrogens (tertiary/aromatic N) is 2. The van der Waals surface area contributed by atoms with Crippen LogP contribution in [0.2, 0.25) is 0 Å². The summed E-state index contributed by atoms with van der Waals surface area (Å²) in [5, 5.41) is 9.18. The van der Waals surface area contributed by atoms with E-state index in [0.717, 1.165) is 32.1 Å². The first kappa shape index (κ1) is 22.4. The van der Waals surface area contributed by atoms with E-state index in [0.29, 0.717) is 5.96 Å². The van der Waals surface area contributed by atoms with E-state index in [9.17, 15) is 4.79 Å². The predicted octanol–water partition coefficient (Wildman–Crippen LogP) is 1.56. The van der Waals surface area contributed by atoms with E-state index in [1.165, 1.54) is 32.2 Å². The summed E-state index contributed by atoms with van der Waals surface area (Å²) in [6.45, 7) is 8.38. The summed E-state index contributed by atoms with van der Waals surface area (Å²) in [7, 11) is 1.73. The molecule has 0 spiro atoms. The molecule has 6 nitrogen and oxygen atoms in total. The fraction of sp³-hybridized carbons (Fsp3) is 0.875. The first-order valence-corrected chi connectivity index (χ1v) is 8.66. The summed E-state index contributed by atoms with van der Waals surface area (Å²) in [6.07, 6.45) is 6.17. The van der Waals surface area contributed by atoms with Crippen LogP contribution in [0.5, 0.6) is 0 Å². The molecule has 1 atom stereocenters. The average molecular weight is 439 g/mol. The van der Waals surface area contributed by atoms with Crippen LogP contribution in [0.15, 0.2) is 4.99 Å². The Kier molecular flexibility index (Phi) is 13.5. The van der Waals surface area contributed by atoms with Gasteiger partial charge in [0.2, 0.25) is 5.91 Å². The number of likely N-dealkylation sites (tertiary alicyclic amines) is 1. The SMILES string of the molecule is CCCNC(=O)CNC(=NC)NCCN1CCCCC1CC.I. The van der Waals surface area contributed by atoms with Crippen LogP contribution in [-0.2, 0) is 4.79 Å². The molecule has 0 saturated carbocycles. The van der Waals surface area contributed by atoms with E-state index >= 15 is 0 Å². The van der Waals surface area contributed by atoms with Crippen molar-refractivity contribution in [1.29, 1.82) is 0 Å². The number of amides is 1.